The molecule has 4 heteroatoms. The van der Waals surface area contributed by atoms with Gasteiger partial charge in [0.15, 0.2) is 0 Å². The highest BCUT2D eigenvalue weighted by molar-refractivity contribution is 5.89. The molecule has 0 saturated carbocycles. The van der Waals surface area contributed by atoms with Crippen LogP contribution in [0.3, 0.4) is 0 Å². The molecule has 2 N–H and O–H groups in total. The topological polar surface area (TPSA) is 74.6 Å². The second-order valence-corrected chi connectivity index (χ2v) is 6.29. The fourth-order valence-electron chi connectivity index (χ4n) is 3.00. The number of carboxylic acids is 2. The fourth-order valence-corrected chi connectivity index (χ4v) is 3.00. The average molecular weight is 312 g/mol. The number of aromatic carboxylic acids is 2. The molecule has 120 valence electrons. The third-order valence-corrected chi connectivity index (χ3v) is 4.32. The van der Waals surface area contributed by atoms with Crippen molar-refractivity contribution in [2.45, 2.75) is 33.1 Å². The Morgan fingerprint density at radius 1 is 0.783 bits per heavy atom. The van der Waals surface area contributed by atoms with Crippen LogP contribution in [0.1, 0.15) is 56.8 Å². The summed E-state index contributed by atoms with van der Waals surface area (Å²) < 4.78 is 0. The molecule has 0 aromatic heterocycles. The second kappa shape index (κ2) is 5.88. The minimum Gasteiger partial charge on any atom is -0.478 e. The van der Waals surface area contributed by atoms with E-state index in [1.54, 1.807) is 36.4 Å². The molecule has 0 fully saturated rings. The van der Waals surface area contributed by atoms with E-state index < -0.39 is 17.4 Å². The minimum absolute atomic E-state index is 0.228. The molecule has 0 aliphatic rings. The molecule has 0 unspecified atom stereocenters. The number of aryl methyl sites for hydroxylation is 2. The Hall–Kier alpha value is -2.62. The van der Waals surface area contributed by atoms with Crippen LogP contribution in [0.15, 0.2) is 36.4 Å². The monoisotopic (exact) mass is 312 g/mol. The van der Waals surface area contributed by atoms with E-state index in [4.69, 9.17) is 0 Å². The third kappa shape index (κ3) is 3.11. The first-order valence-corrected chi connectivity index (χ1v) is 7.33. The van der Waals surface area contributed by atoms with E-state index in [0.717, 1.165) is 22.3 Å². The summed E-state index contributed by atoms with van der Waals surface area (Å²) in [4.78, 5) is 22.5. The van der Waals surface area contributed by atoms with Crippen molar-refractivity contribution in [1.29, 1.82) is 0 Å². The van der Waals surface area contributed by atoms with E-state index in [2.05, 4.69) is 0 Å². The number of hydrogen-bond donors (Lipinski definition) is 2. The first kappa shape index (κ1) is 16.7. The number of carbonyl (C=O) groups is 2. The maximum absolute atomic E-state index is 11.3. The van der Waals surface area contributed by atoms with Crippen molar-refractivity contribution in [3.05, 3.63) is 69.8 Å². The average Bonchev–Trinajstić information content (AvgIpc) is 2.47. The van der Waals surface area contributed by atoms with Gasteiger partial charge in [0.25, 0.3) is 0 Å². The highest BCUT2D eigenvalue weighted by Crippen LogP contribution is 2.36. The Morgan fingerprint density at radius 3 is 1.43 bits per heavy atom. The van der Waals surface area contributed by atoms with Crippen LogP contribution in [0, 0.1) is 13.8 Å². The summed E-state index contributed by atoms with van der Waals surface area (Å²) in [5.41, 5.74) is 3.65. The van der Waals surface area contributed by atoms with Crippen molar-refractivity contribution in [3.63, 3.8) is 0 Å². The Kier molecular flexibility index (Phi) is 4.28. The normalized spacial score (nSPS) is 11.3. The lowest BCUT2D eigenvalue weighted by atomic mass is 9.74. The number of benzene rings is 2. The van der Waals surface area contributed by atoms with Gasteiger partial charge in [0.2, 0.25) is 0 Å². The highest BCUT2D eigenvalue weighted by Gasteiger charge is 2.28. The van der Waals surface area contributed by atoms with Crippen LogP contribution in [0.2, 0.25) is 0 Å². The Bertz CT molecular complexity index is 722. The van der Waals surface area contributed by atoms with Crippen molar-refractivity contribution in [2.24, 2.45) is 0 Å². The van der Waals surface area contributed by atoms with Gasteiger partial charge in [0, 0.05) is 5.41 Å². The second-order valence-electron chi connectivity index (χ2n) is 6.29. The minimum atomic E-state index is -0.974. The molecule has 0 bridgehead atoms. The number of rotatable bonds is 4. The van der Waals surface area contributed by atoms with E-state index in [-0.39, 0.29) is 11.1 Å². The van der Waals surface area contributed by atoms with Crippen molar-refractivity contribution in [3.8, 4) is 0 Å². The molecule has 0 saturated heterocycles. The first-order chi connectivity index (χ1) is 10.6. The first-order valence-electron chi connectivity index (χ1n) is 7.33. The Balaban J connectivity index is 2.67. The predicted octanol–water partition coefficient (Wildman–Crippen LogP) is 4.03. The molecular formula is C19H20O4. The summed E-state index contributed by atoms with van der Waals surface area (Å²) in [6.45, 7) is 7.82. The van der Waals surface area contributed by atoms with Gasteiger partial charge in [0.1, 0.15) is 0 Å². The van der Waals surface area contributed by atoms with Crippen LogP contribution in [0.5, 0.6) is 0 Å². The zero-order valence-corrected chi connectivity index (χ0v) is 13.7. The molecule has 4 nitrogen and oxygen atoms in total. The summed E-state index contributed by atoms with van der Waals surface area (Å²) in [7, 11) is 0. The van der Waals surface area contributed by atoms with Crippen LogP contribution in [0.25, 0.3) is 0 Å². The smallest absolute Gasteiger partial charge is 0.335 e. The van der Waals surface area contributed by atoms with E-state index in [1.165, 1.54) is 0 Å². The molecular weight excluding hydrogens is 292 g/mol. The molecule has 0 heterocycles. The highest BCUT2D eigenvalue weighted by atomic mass is 16.4. The lowest BCUT2D eigenvalue weighted by Crippen LogP contribution is -2.23. The number of hydrogen-bond acceptors (Lipinski definition) is 2. The van der Waals surface area contributed by atoms with Gasteiger partial charge in [0.05, 0.1) is 11.1 Å². The zero-order valence-electron chi connectivity index (χ0n) is 13.7. The Morgan fingerprint density at radius 2 is 1.13 bits per heavy atom. The van der Waals surface area contributed by atoms with E-state index in [1.807, 2.05) is 27.7 Å². The van der Waals surface area contributed by atoms with Crippen molar-refractivity contribution in [2.75, 3.05) is 0 Å². The van der Waals surface area contributed by atoms with E-state index >= 15 is 0 Å². The summed E-state index contributed by atoms with van der Waals surface area (Å²) >= 11 is 0. The Labute approximate surface area is 135 Å². The fraction of sp³-hybridized carbons (Fsp3) is 0.263. The molecule has 0 spiro atoms. The van der Waals surface area contributed by atoms with Gasteiger partial charge >= 0.3 is 11.9 Å². The van der Waals surface area contributed by atoms with Crippen LogP contribution >= 0.6 is 0 Å². The molecule has 2 aromatic rings. The molecule has 2 aromatic carbocycles. The van der Waals surface area contributed by atoms with E-state index in [0.29, 0.717) is 0 Å². The third-order valence-electron chi connectivity index (χ3n) is 4.32. The number of carboxylic acid groups (broad SMARTS) is 2. The predicted molar refractivity (Wildman–Crippen MR) is 88.4 cm³/mol. The molecule has 2 rings (SSSR count). The molecule has 0 aliphatic carbocycles. The molecule has 0 amide bonds. The summed E-state index contributed by atoms with van der Waals surface area (Å²) in [6, 6.07) is 10.1. The molecule has 0 radical (unpaired) electrons. The van der Waals surface area contributed by atoms with Gasteiger partial charge in [-0.3, -0.25) is 0 Å². The van der Waals surface area contributed by atoms with Crippen molar-refractivity contribution >= 4 is 11.9 Å². The molecule has 0 aliphatic heterocycles. The summed E-state index contributed by atoms with van der Waals surface area (Å²) in [5.74, 6) is -1.95. The largest absolute Gasteiger partial charge is 0.478 e. The van der Waals surface area contributed by atoms with Crippen LogP contribution in [-0.2, 0) is 5.41 Å². The maximum Gasteiger partial charge on any atom is 0.335 e. The maximum atomic E-state index is 11.3. The SMILES string of the molecule is Cc1ccc(C(=O)O)cc1C(C)(C)c1cc(C(=O)O)ccc1C. The zero-order chi connectivity index (χ0) is 17.4. The van der Waals surface area contributed by atoms with E-state index in [9.17, 15) is 19.8 Å². The van der Waals surface area contributed by atoms with Gasteiger partial charge in [-0.1, -0.05) is 26.0 Å². The van der Waals surface area contributed by atoms with Gasteiger partial charge in [-0.05, 0) is 60.4 Å². The van der Waals surface area contributed by atoms with Gasteiger partial charge in [-0.15, -0.1) is 0 Å². The summed E-state index contributed by atoms with van der Waals surface area (Å²) in [5, 5.41) is 18.5. The lowest BCUT2D eigenvalue weighted by molar-refractivity contribution is 0.0686. The quantitative estimate of drug-likeness (QED) is 0.894. The standard InChI is InChI=1S/C19H20O4/c1-11-5-7-13(17(20)21)9-15(11)19(3,4)16-10-14(18(22)23)8-6-12(16)2/h5-10H,1-4H3,(H,20,21)(H,22,23). The van der Waals surface area contributed by atoms with Gasteiger partial charge in [-0.2, -0.15) is 0 Å². The molecule has 0 atom stereocenters. The molecule has 23 heavy (non-hydrogen) atoms. The van der Waals surface area contributed by atoms with Crippen LogP contribution in [0.4, 0.5) is 0 Å². The van der Waals surface area contributed by atoms with Crippen molar-refractivity contribution in [1.82, 2.24) is 0 Å². The lowest BCUT2D eigenvalue weighted by Gasteiger charge is -2.30. The van der Waals surface area contributed by atoms with Gasteiger partial charge < -0.3 is 10.2 Å². The van der Waals surface area contributed by atoms with Crippen LogP contribution in [-0.4, -0.2) is 22.2 Å². The van der Waals surface area contributed by atoms with Crippen LogP contribution < -0.4 is 0 Å². The van der Waals surface area contributed by atoms with Crippen molar-refractivity contribution < 1.29 is 19.8 Å². The van der Waals surface area contributed by atoms with Gasteiger partial charge in [-0.25, -0.2) is 9.59 Å². The summed E-state index contributed by atoms with van der Waals surface area (Å²) in [6.07, 6.45) is 0.